The average molecular weight is 571 g/mol. The van der Waals surface area contributed by atoms with Crippen molar-refractivity contribution in [2.75, 3.05) is 25.1 Å². The van der Waals surface area contributed by atoms with Gasteiger partial charge in [0.2, 0.25) is 23.4 Å². The van der Waals surface area contributed by atoms with E-state index in [1.165, 1.54) is 11.1 Å². The largest absolute Gasteiger partial charge is 0.381 e. The summed E-state index contributed by atoms with van der Waals surface area (Å²) < 4.78 is 12.8. The number of aromatic nitrogens is 6. The Morgan fingerprint density at radius 1 is 1.12 bits per heavy atom. The lowest BCUT2D eigenvalue weighted by Crippen LogP contribution is -2.39. The Hall–Kier alpha value is -3.96. The summed E-state index contributed by atoms with van der Waals surface area (Å²) >= 11 is 0. The Balaban J connectivity index is 1.29. The van der Waals surface area contributed by atoms with Crippen LogP contribution in [0, 0.1) is 0 Å². The zero-order chi connectivity index (χ0) is 29.3. The second-order valence-electron chi connectivity index (χ2n) is 12.3. The number of Topliss-reactive ketones (excluding diaryl/α,β-unsaturated/α-hetero) is 1. The number of ketones is 1. The van der Waals surface area contributed by atoms with Crippen LogP contribution in [-0.4, -0.2) is 66.4 Å². The van der Waals surface area contributed by atoms with E-state index in [1.807, 2.05) is 40.1 Å². The van der Waals surface area contributed by atoms with Crippen LogP contribution in [0.15, 0.2) is 47.4 Å². The Morgan fingerprint density at radius 3 is 2.69 bits per heavy atom. The first kappa shape index (κ1) is 28.2. The van der Waals surface area contributed by atoms with Gasteiger partial charge in [0.25, 0.3) is 0 Å². The number of ether oxygens (including phenoxy) is 1. The summed E-state index contributed by atoms with van der Waals surface area (Å²) in [5.41, 5.74) is 4.78. The molecule has 0 radical (unpaired) electrons. The summed E-state index contributed by atoms with van der Waals surface area (Å²) in [5.74, 6) is 1.12. The van der Waals surface area contributed by atoms with Crippen molar-refractivity contribution in [2.24, 2.45) is 7.05 Å². The minimum Gasteiger partial charge on any atom is -0.381 e. The predicted molar refractivity (Wildman–Crippen MR) is 158 cm³/mol. The molecule has 220 valence electrons. The molecule has 11 nitrogen and oxygen atoms in total. The third kappa shape index (κ3) is 6.27. The SMILES string of the molecule is Cn1cc(Nc2nccc(-c3ccc4c(c3)CN(C3CCOCC3)CCC4CC(=O)c3noc(C(C)(C)C)n3)n2)cn1. The second-order valence-corrected chi connectivity index (χ2v) is 12.3. The van der Waals surface area contributed by atoms with Gasteiger partial charge in [-0.3, -0.25) is 14.4 Å². The van der Waals surface area contributed by atoms with Crippen molar-refractivity contribution in [3.8, 4) is 11.3 Å². The maximum absolute atomic E-state index is 13.4. The number of nitrogens with one attached hydrogen (secondary N) is 1. The van der Waals surface area contributed by atoms with Crippen LogP contribution < -0.4 is 5.32 Å². The van der Waals surface area contributed by atoms with Gasteiger partial charge in [-0.2, -0.15) is 10.1 Å². The molecule has 2 aliphatic heterocycles. The van der Waals surface area contributed by atoms with Gasteiger partial charge in [-0.25, -0.2) is 9.97 Å². The highest BCUT2D eigenvalue weighted by Crippen LogP contribution is 2.36. The smallest absolute Gasteiger partial charge is 0.238 e. The van der Waals surface area contributed by atoms with Crippen molar-refractivity contribution in [3.05, 3.63) is 65.7 Å². The summed E-state index contributed by atoms with van der Waals surface area (Å²) in [5, 5.41) is 11.5. The topological polar surface area (TPSA) is 124 Å². The molecule has 0 saturated carbocycles. The minimum atomic E-state index is -0.310. The summed E-state index contributed by atoms with van der Waals surface area (Å²) in [6, 6.07) is 8.89. The predicted octanol–water partition coefficient (Wildman–Crippen LogP) is 5.04. The normalized spacial score (nSPS) is 18.4. The highest BCUT2D eigenvalue weighted by Gasteiger charge is 2.31. The lowest BCUT2D eigenvalue weighted by molar-refractivity contribution is 0.0311. The van der Waals surface area contributed by atoms with Gasteiger partial charge in [0.05, 0.1) is 17.6 Å². The molecule has 1 fully saturated rings. The molecule has 1 aromatic carbocycles. The van der Waals surface area contributed by atoms with Crippen LogP contribution in [0.1, 0.15) is 80.0 Å². The number of hydrogen-bond donors (Lipinski definition) is 1. The molecule has 1 atom stereocenters. The highest BCUT2D eigenvalue weighted by atomic mass is 16.5. The summed E-state index contributed by atoms with van der Waals surface area (Å²) in [6.45, 7) is 9.30. The summed E-state index contributed by atoms with van der Waals surface area (Å²) in [4.78, 5) is 29.6. The number of benzene rings is 1. The first-order valence-corrected chi connectivity index (χ1v) is 14.6. The molecule has 5 heterocycles. The van der Waals surface area contributed by atoms with E-state index in [1.54, 1.807) is 17.1 Å². The molecule has 1 unspecified atom stereocenters. The zero-order valence-electron chi connectivity index (χ0n) is 24.7. The van der Waals surface area contributed by atoms with E-state index in [0.29, 0.717) is 24.3 Å². The number of aryl methyl sites for hydroxylation is 1. The van der Waals surface area contributed by atoms with Gasteiger partial charge >= 0.3 is 0 Å². The van der Waals surface area contributed by atoms with E-state index in [9.17, 15) is 4.79 Å². The van der Waals surface area contributed by atoms with Gasteiger partial charge in [0, 0.05) is 62.6 Å². The molecule has 0 amide bonds. The van der Waals surface area contributed by atoms with Gasteiger partial charge in [0.15, 0.2) is 0 Å². The molecule has 4 aromatic rings. The standard InChI is InChI=1S/C31H38N8O3/c1-31(2,3)29-36-28(37-42-29)27(40)16-20-8-12-39(24-9-13-41-14-10-24)18-22-15-21(5-6-25(20)22)26-7-11-32-30(35-26)34-23-17-33-38(4)19-23/h5-7,11,15,17,19-20,24H,8-10,12-14,16,18H2,1-4H3,(H,32,34,35). The number of nitrogens with zero attached hydrogens (tertiary/aromatic N) is 7. The van der Waals surface area contributed by atoms with Gasteiger partial charge < -0.3 is 14.6 Å². The van der Waals surface area contributed by atoms with E-state index in [0.717, 1.165) is 62.5 Å². The highest BCUT2D eigenvalue weighted by molar-refractivity contribution is 5.93. The van der Waals surface area contributed by atoms with Crippen LogP contribution in [-0.2, 0) is 23.7 Å². The van der Waals surface area contributed by atoms with Gasteiger partial charge in [-0.05, 0) is 55.0 Å². The quantitative estimate of drug-likeness (QED) is 0.302. The Labute approximate surface area is 245 Å². The van der Waals surface area contributed by atoms with Crippen molar-refractivity contribution in [1.29, 1.82) is 0 Å². The first-order valence-electron chi connectivity index (χ1n) is 14.6. The molecule has 0 aliphatic carbocycles. The number of carbonyl (C=O) groups excluding carboxylic acids is 1. The van der Waals surface area contributed by atoms with Crippen molar-refractivity contribution >= 4 is 17.4 Å². The van der Waals surface area contributed by atoms with E-state index in [4.69, 9.17) is 14.2 Å². The third-order valence-corrected chi connectivity index (χ3v) is 8.09. The van der Waals surface area contributed by atoms with E-state index in [2.05, 4.69) is 48.6 Å². The minimum absolute atomic E-state index is 0.0520. The van der Waals surface area contributed by atoms with Crippen LogP contribution in [0.5, 0.6) is 0 Å². The maximum Gasteiger partial charge on any atom is 0.238 e. The molecule has 2 aliphatic rings. The molecule has 1 N–H and O–H groups in total. The maximum atomic E-state index is 13.4. The van der Waals surface area contributed by atoms with Crippen LogP contribution in [0.4, 0.5) is 11.6 Å². The van der Waals surface area contributed by atoms with Crippen LogP contribution >= 0.6 is 0 Å². The summed E-state index contributed by atoms with van der Waals surface area (Å²) in [6.07, 6.45) is 8.64. The molecule has 3 aromatic heterocycles. The number of carbonyl (C=O) groups is 1. The van der Waals surface area contributed by atoms with Crippen molar-refractivity contribution in [1.82, 2.24) is 34.8 Å². The lowest BCUT2D eigenvalue weighted by atomic mass is 9.87. The lowest BCUT2D eigenvalue weighted by Gasteiger charge is -2.33. The molecule has 42 heavy (non-hydrogen) atoms. The number of rotatable bonds is 7. The van der Waals surface area contributed by atoms with Crippen molar-refractivity contribution in [2.45, 2.75) is 70.4 Å². The molecule has 6 rings (SSSR count). The van der Waals surface area contributed by atoms with E-state index >= 15 is 0 Å². The fraction of sp³-hybridized carbons (Fsp3) is 0.484. The molecule has 0 spiro atoms. The number of hydrogen-bond acceptors (Lipinski definition) is 10. The third-order valence-electron chi connectivity index (χ3n) is 8.09. The Morgan fingerprint density at radius 2 is 1.95 bits per heavy atom. The van der Waals surface area contributed by atoms with Crippen molar-refractivity contribution < 1.29 is 14.1 Å². The fourth-order valence-corrected chi connectivity index (χ4v) is 5.80. The number of fused-ring (bicyclic) bond motifs is 1. The molecule has 1 saturated heterocycles. The van der Waals surface area contributed by atoms with Crippen LogP contribution in [0.2, 0.25) is 0 Å². The van der Waals surface area contributed by atoms with Crippen molar-refractivity contribution in [3.63, 3.8) is 0 Å². The van der Waals surface area contributed by atoms with Gasteiger partial charge in [0.1, 0.15) is 0 Å². The monoisotopic (exact) mass is 570 g/mol. The fourth-order valence-electron chi connectivity index (χ4n) is 5.80. The average Bonchev–Trinajstić information content (AvgIpc) is 3.61. The van der Waals surface area contributed by atoms with E-state index in [-0.39, 0.29) is 22.9 Å². The van der Waals surface area contributed by atoms with E-state index < -0.39 is 0 Å². The zero-order valence-corrected chi connectivity index (χ0v) is 24.7. The first-order chi connectivity index (χ1) is 20.2. The molecule has 11 heteroatoms. The van der Waals surface area contributed by atoms with Gasteiger partial charge in [-0.1, -0.05) is 38.1 Å². The summed E-state index contributed by atoms with van der Waals surface area (Å²) in [7, 11) is 1.87. The molecular formula is C31H38N8O3. The Bertz CT molecular complexity index is 1550. The molecular weight excluding hydrogens is 532 g/mol. The number of anilines is 2. The van der Waals surface area contributed by atoms with Crippen LogP contribution in [0.3, 0.4) is 0 Å². The Kier molecular flexibility index (Phi) is 7.87. The van der Waals surface area contributed by atoms with Crippen LogP contribution in [0.25, 0.3) is 11.3 Å². The van der Waals surface area contributed by atoms with Gasteiger partial charge in [-0.15, -0.1) is 0 Å². The second kappa shape index (κ2) is 11.7. The molecule has 0 bridgehead atoms.